The number of carbonyl (C=O) groups is 1. The van der Waals surface area contributed by atoms with Crippen molar-refractivity contribution in [3.63, 3.8) is 0 Å². The largest absolute Gasteiger partial charge is 0.492 e. The molecule has 0 aliphatic carbocycles. The Balaban J connectivity index is 2.53. The summed E-state index contributed by atoms with van der Waals surface area (Å²) >= 11 is 4.17. The second kappa shape index (κ2) is 8.61. The molecule has 1 aliphatic rings. The SMILES string of the molecule is CCc1c(C)c2c(c(OCCS)c1C/C=C(\C)CP(=O)(O)O)C(=O)OC2. The standard InChI is InChI=1S/C18H25O6PS/c1-4-13-12(3)15-9-24-18(19)16(15)17(23-7-8-26)14(13)6-5-11(2)10-25(20,21)22/h5,26H,4,6-10H2,1-3H3,(H2,20,21,22)/b11-5+. The third-order valence-electron chi connectivity index (χ3n) is 4.43. The van der Waals surface area contributed by atoms with E-state index in [4.69, 9.17) is 19.3 Å². The fourth-order valence-corrected chi connectivity index (χ4v) is 4.16. The van der Waals surface area contributed by atoms with Gasteiger partial charge in [-0.15, -0.1) is 0 Å². The minimum absolute atomic E-state index is 0.248. The molecule has 0 aromatic heterocycles. The highest BCUT2D eigenvalue weighted by molar-refractivity contribution is 7.80. The number of hydrogen-bond donors (Lipinski definition) is 3. The average Bonchev–Trinajstić information content (AvgIpc) is 2.93. The van der Waals surface area contributed by atoms with Gasteiger partial charge in [-0.25, -0.2) is 4.79 Å². The molecule has 1 heterocycles. The van der Waals surface area contributed by atoms with Crippen molar-refractivity contribution in [1.29, 1.82) is 0 Å². The first-order valence-electron chi connectivity index (χ1n) is 8.47. The zero-order valence-corrected chi connectivity index (χ0v) is 17.0. The van der Waals surface area contributed by atoms with Crippen molar-refractivity contribution in [3.8, 4) is 5.75 Å². The van der Waals surface area contributed by atoms with E-state index in [1.807, 2.05) is 13.8 Å². The lowest BCUT2D eigenvalue weighted by molar-refractivity contribution is 0.0532. The molecular formula is C18H25O6PS. The molecule has 0 bridgehead atoms. The summed E-state index contributed by atoms with van der Waals surface area (Å²) in [5, 5.41) is 0. The Kier molecular flexibility index (Phi) is 6.97. The summed E-state index contributed by atoms with van der Waals surface area (Å²) in [7, 11) is -4.11. The molecule has 144 valence electrons. The number of allylic oxidation sites excluding steroid dienone is 2. The second-order valence-corrected chi connectivity index (χ2v) is 8.44. The maximum atomic E-state index is 12.2. The Morgan fingerprint density at radius 1 is 1.38 bits per heavy atom. The molecule has 26 heavy (non-hydrogen) atoms. The molecule has 1 aliphatic heterocycles. The monoisotopic (exact) mass is 400 g/mol. The van der Waals surface area contributed by atoms with Crippen molar-refractivity contribution < 1.29 is 28.6 Å². The molecule has 6 nitrogen and oxygen atoms in total. The number of rotatable bonds is 8. The van der Waals surface area contributed by atoms with Crippen LogP contribution in [0.2, 0.25) is 0 Å². The lowest BCUT2D eigenvalue weighted by Crippen LogP contribution is -2.11. The van der Waals surface area contributed by atoms with Crippen LogP contribution in [0.1, 0.15) is 46.5 Å². The van der Waals surface area contributed by atoms with Crippen molar-refractivity contribution in [2.75, 3.05) is 18.5 Å². The minimum atomic E-state index is -4.11. The summed E-state index contributed by atoms with van der Waals surface area (Å²) in [5.74, 6) is 0.627. The third-order valence-corrected chi connectivity index (χ3v) is 5.52. The molecule has 1 aromatic rings. The summed E-state index contributed by atoms with van der Waals surface area (Å²) in [5.41, 5.74) is 4.90. The Morgan fingerprint density at radius 3 is 2.65 bits per heavy atom. The summed E-state index contributed by atoms with van der Waals surface area (Å²) in [6, 6.07) is 0. The molecule has 2 N–H and O–H groups in total. The zero-order valence-electron chi connectivity index (χ0n) is 15.2. The van der Waals surface area contributed by atoms with Crippen LogP contribution in [0.3, 0.4) is 0 Å². The van der Waals surface area contributed by atoms with E-state index in [2.05, 4.69) is 12.6 Å². The maximum Gasteiger partial charge on any atom is 0.342 e. The molecule has 8 heteroatoms. The smallest absolute Gasteiger partial charge is 0.342 e. The van der Waals surface area contributed by atoms with Crippen molar-refractivity contribution in [2.24, 2.45) is 0 Å². The molecule has 0 atom stereocenters. The summed E-state index contributed by atoms with van der Waals surface area (Å²) in [6.45, 7) is 6.29. The molecular weight excluding hydrogens is 375 g/mol. The van der Waals surface area contributed by atoms with Gasteiger partial charge in [-0.05, 0) is 37.8 Å². The van der Waals surface area contributed by atoms with Gasteiger partial charge in [-0.3, -0.25) is 4.57 Å². The molecule has 0 saturated carbocycles. The molecule has 0 spiro atoms. The van der Waals surface area contributed by atoms with Gasteiger partial charge < -0.3 is 19.3 Å². The molecule has 0 saturated heterocycles. The van der Waals surface area contributed by atoms with Gasteiger partial charge in [-0.2, -0.15) is 12.6 Å². The Labute approximate surface area is 159 Å². The Bertz CT molecular complexity index is 781. The van der Waals surface area contributed by atoms with Gasteiger partial charge in [0.05, 0.1) is 12.8 Å². The third kappa shape index (κ3) is 4.71. The van der Waals surface area contributed by atoms with E-state index in [9.17, 15) is 9.36 Å². The van der Waals surface area contributed by atoms with Crippen LogP contribution in [0, 0.1) is 6.92 Å². The van der Waals surface area contributed by atoms with E-state index in [-0.39, 0.29) is 12.8 Å². The van der Waals surface area contributed by atoms with Crippen molar-refractivity contribution in [1.82, 2.24) is 0 Å². The number of ether oxygens (including phenoxy) is 2. The van der Waals surface area contributed by atoms with E-state index in [0.29, 0.717) is 35.7 Å². The first kappa shape index (κ1) is 21.0. The van der Waals surface area contributed by atoms with Crippen LogP contribution < -0.4 is 4.74 Å². The highest BCUT2D eigenvalue weighted by atomic mass is 32.1. The number of thiol groups is 1. The minimum Gasteiger partial charge on any atom is -0.492 e. The van der Waals surface area contributed by atoms with Gasteiger partial charge in [0.2, 0.25) is 0 Å². The molecule has 0 amide bonds. The van der Waals surface area contributed by atoms with Crippen LogP contribution in [-0.4, -0.2) is 34.3 Å². The van der Waals surface area contributed by atoms with Gasteiger partial charge >= 0.3 is 13.6 Å². The fourth-order valence-electron chi connectivity index (χ4n) is 3.29. The predicted octanol–water partition coefficient (Wildman–Crippen LogP) is 3.20. The predicted molar refractivity (Wildman–Crippen MR) is 103 cm³/mol. The molecule has 0 fully saturated rings. The zero-order chi connectivity index (χ0) is 19.5. The van der Waals surface area contributed by atoms with Crippen LogP contribution in [0.15, 0.2) is 11.6 Å². The van der Waals surface area contributed by atoms with Crippen LogP contribution >= 0.6 is 20.2 Å². The number of benzene rings is 1. The van der Waals surface area contributed by atoms with Crippen LogP contribution in [0.4, 0.5) is 0 Å². The number of fused-ring (bicyclic) bond motifs is 1. The Morgan fingerprint density at radius 2 is 2.08 bits per heavy atom. The number of esters is 1. The lowest BCUT2D eigenvalue weighted by atomic mass is 9.89. The topological polar surface area (TPSA) is 93.1 Å². The highest BCUT2D eigenvalue weighted by Crippen LogP contribution is 2.40. The van der Waals surface area contributed by atoms with Crippen molar-refractivity contribution in [3.05, 3.63) is 39.5 Å². The highest BCUT2D eigenvalue weighted by Gasteiger charge is 2.32. The molecule has 2 rings (SSSR count). The van der Waals surface area contributed by atoms with E-state index < -0.39 is 13.6 Å². The summed E-state index contributed by atoms with van der Waals surface area (Å²) < 4.78 is 22.3. The number of cyclic esters (lactones) is 1. The van der Waals surface area contributed by atoms with Gasteiger partial charge in [0, 0.05) is 16.9 Å². The molecule has 0 unspecified atom stereocenters. The lowest BCUT2D eigenvalue weighted by Gasteiger charge is -2.20. The van der Waals surface area contributed by atoms with E-state index in [1.165, 1.54) is 0 Å². The van der Waals surface area contributed by atoms with Gasteiger partial charge in [0.15, 0.2) is 0 Å². The summed E-state index contributed by atoms with van der Waals surface area (Å²) in [4.78, 5) is 30.5. The normalized spacial score (nSPS) is 14.4. The van der Waals surface area contributed by atoms with E-state index in [1.54, 1.807) is 13.0 Å². The summed E-state index contributed by atoms with van der Waals surface area (Å²) in [6.07, 6.45) is 2.68. The Hall–Kier alpha value is -1.27. The van der Waals surface area contributed by atoms with Crippen molar-refractivity contribution >= 4 is 26.2 Å². The molecule has 1 aromatic carbocycles. The van der Waals surface area contributed by atoms with E-state index in [0.717, 1.165) is 28.7 Å². The quantitative estimate of drug-likeness (QED) is 0.269. The van der Waals surface area contributed by atoms with Crippen molar-refractivity contribution in [2.45, 2.75) is 40.2 Å². The van der Waals surface area contributed by atoms with Crippen LogP contribution in [0.25, 0.3) is 0 Å². The first-order valence-corrected chi connectivity index (χ1v) is 10.9. The fraction of sp³-hybridized carbons (Fsp3) is 0.500. The van der Waals surface area contributed by atoms with E-state index >= 15 is 0 Å². The number of carbonyl (C=O) groups excluding carboxylic acids is 1. The average molecular weight is 400 g/mol. The molecule has 0 radical (unpaired) electrons. The first-order chi connectivity index (χ1) is 12.2. The number of hydrogen-bond acceptors (Lipinski definition) is 5. The second-order valence-electron chi connectivity index (χ2n) is 6.34. The maximum absolute atomic E-state index is 12.2. The van der Waals surface area contributed by atoms with Crippen LogP contribution in [-0.2, 0) is 28.8 Å². The van der Waals surface area contributed by atoms with Crippen LogP contribution in [0.5, 0.6) is 5.75 Å². The van der Waals surface area contributed by atoms with Gasteiger partial charge in [-0.1, -0.05) is 18.6 Å². The van der Waals surface area contributed by atoms with Gasteiger partial charge in [0.1, 0.15) is 17.9 Å². The van der Waals surface area contributed by atoms with Gasteiger partial charge in [0.25, 0.3) is 0 Å².